The van der Waals surface area contributed by atoms with Crippen molar-refractivity contribution < 1.29 is 19.1 Å². The molecule has 2 rings (SSSR count). The molecule has 1 saturated heterocycles. The van der Waals surface area contributed by atoms with Crippen LogP contribution in [0.5, 0.6) is 0 Å². The first-order valence-corrected chi connectivity index (χ1v) is 7.72. The van der Waals surface area contributed by atoms with Gasteiger partial charge in [0.1, 0.15) is 11.3 Å². The van der Waals surface area contributed by atoms with Crippen LogP contribution < -0.4 is 5.32 Å². The van der Waals surface area contributed by atoms with Crippen molar-refractivity contribution in [2.45, 2.75) is 37.9 Å². The number of furan rings is 1. The maximum absolute atomic E-state index is 12.0. The Bertz CT molecular complexity index is 517. The van der Waals surface area contributed by atoms with E-state index in [9.17, 15) is 9.59 Å². The number of carboxylic acids is 1. The molecule has 1 aromatic heterocycles. The lowest BCUT2D eigenvalue weighted by molar-refractivity contribution is 0.0694. The van der Waals surface area contributed by atoms with Crippen LogP contribution in [-0.2, 0) is 6.42 Å². The van der Waals surface area contributed by atoms with E-state index < -0.39 is 5.97 Å². The normalized spacial score (nSPS) is 21.9. The van der Waals surface area contributed by atoms with Crippen molar-refractivity contribution in [1.82, 2.24) is 5.32 Å². The van der Waals surface area contributed by atoms with E-state index in [4.69, 9.17) is 9.52 Å². The van der Waals surface area contributed by atoms with Crippen molar-refractivity contribution in [3.8, 4) is 0 Å². The van der Waals surface area contributed by atoms with E-state index in [2.05, 4.69) is 12.2 Å². The summed E-state index contributed by atoms with van der Waals surface area (Å²) >= 11 is 1.86. The minimum Gasteiger partial charge on any atom is -0.478 e. The fourth-order valence-corrected chi connectivity index (χ4v) is 3.56. The molecular formula is C14H19NO4S. The van der Waals surface area contributed by atoms with Gasteiger partial charge in [-0.3, -0.25) is 4.79 Å². The van der Waals surface area contributed by atoms with Crippen LogP contribution in [0, 0.1) is 0 Å². The maximum Gasteiger partial charge on any atom is 0.339 e. The lowest BCUT2D eigenvalue weighted by Crippen LogP contribution is -2.36. The van der Waals surface area contributed by atoms with Gasteiger partial charge in [0.2, 0.25) is 0 Å². The van der Waals surface area contributed by atoms with E-state index in [0.29, 0.717) is 18.7 Å². The molecule has 2 N–H and O–H groups in total. The van der Waals surface area contributed by atoms with Crippen molar-refractivity contribution in [2.75, 3.05) is 12.3 Å². The fraction of sp³-hybridized carbons (Fsp3) is 0.571. The molecule has 0 aromatic carbocycles. The van der Waals surface area contributed by atoms with Gasteiger partial charge in [-0.05, 0) is 25.5 Å². The predicted octanol–water partition coefficient (Wildman–Crippen LogP) is 2.56. The Labute approximate surface area is 122 Å². The van der Waals surface area contributed by atoms with Gasteiger partial charge >= 0.3 is 5.97 Å². The zero-order valence-electron chi connectivity index (χ0n) is 11.7. The van der Waals surface area contributed by atoms with Crippen molar-refractivity contribution in [1.29, 1.82) is 0 Å². The number of carbonyl (C=O) groups excluding carboxylic acids is 1. The Hall–Kier alpha value is -1.43. The molecule has 110 valence electrons. The van der Waals surface area contributed by atoms with Crippen LogP contribution in [0.3, 0.4) is 0 Å². The average molecular weight is 297 g/mol. The van der Waals surface area contributed by atoms with Crippen LogP contribution in [0.1, 0.15) is 53.4 Å². The number of hydrogen-bond acceptors (Lipinski definition) is 4. The third kappa shape index (κ3) is 3.17. The highest BCUT2D eigenvalue weighted by Crippen LogP contribution is 2.37. The molecule has 1 aliphatic rings. The first-order chi connectivity index (χ1) is 9.45. The van der Waals surface area contributed by atoms with Gasteiger partial charge in [0.25, 0.3) is 5.91 Å². The van der Waals surface area contributed by atoms with Crippen LogP contribution in [0.25, 0.3) is 0 Å². The van der Waals surface area contributed by atoms with Crippen LogP contribution in [-0.4, -0.2) is 34.0 Å². The number of hydrogen-bond donors (Lipinski definition) is 2. The number of carbonyl (C=O) groups is 2. The molecule has 2 heterocycles. The predicted molar refractivity (Wildman–Crippen MR) is 77.5 cm³/mol. The molecule has 6 heteroatoms. The highest BCUT2D eigenvalue weighted by Gasteiger charge is 2.30. The molecule has 1 aliphatic heterocycles. The van der Waals surface area contributed by atoms with Gasteiger partial charge in [-0.1, -0.05) is 6.92 Å². The van der Waals surface area contributed by atoms with Gasteiger partial charge in [0, 0.05) is 23.8 Å². The van der Waals surface area contributed by atoms with E-state index in [0.717, 1.165) is 12.2 Å². The molecule has 20 heavy (non-hydrogen) atoms. The van der Waals surface area contributed by atoms with Gasteiger partial charge < -0.3 is 14.8 Å². The Kier molecular flexibility index (Phi) is 4.42. The molecule has 1 amide bonds. The standard InChI is InChI=1S/C14H19NO4S/c1-3-10-9(13(17)18)7-11(19-10)12(16)15-8-14(2)5-4-6-20-14/h7H,3-6,8H2,1-2H3,(H,15,16)(H,17,18). The first kappa shape index (κ1) is 15.0. The minimum atomic E-state index is -1.07. The zero-order chi connectivity index (χ0) is 14.8. The van der Waals surface area contributed by atoms with Gasteiger partial charge in [0.15, 0.2) is 5.76 Å². The van der Waals surface area contributed by atoms with Crippen molar-refractivity contribution >= 4 is 23.6 Å². The molecule has 1 atom stereocenters. The molecule has 1 aromatic rings. The summed E-state index contributed by atoms with van der Waals surface area (Å²) in [5, 5.41) is 11.9. The van der Waals surface area contributed by atoms with E-state index in [-0.39, 0.29) is 22.0 Å². The average Bonchev–Trinajstić information content (AvgIpc) is 3.02. The number of aromatic carboxylic acids is 1. The molecule has 1 fully saturated rings. The lowest BCUT2D eigenvalue weighted by atomic mass is 10.1. The van der Waals surface area contributed by atoms with Crippen LogP contribution in [0.4, 0.5) is 0 Å². The van der Waals surface area contributed by atoms with Gasteiger partial charge in [-0.15, -0.1) is 0 Å². The SMILES string of the molecule is CCc1oc(C(=O)NCC2(C)CCCS2)cc1C(=O)O. The number of amides is 1. The topological polar surface area (TPSA) is 79.5 Å². The second-order valence-corrected chi connectivity index (χ2v) is 6.87. The summed E-state index contributed by atoms with van der Waals surface area (Å²) in [7, 11) is 0. The quantitative estimate of drug-likeness (QED) is 0.873. The van der Waals surface area contributed by atoms with E-state index >= 15 is 0 Å². The third-order valence-electron chi connectivity index (χ3n) is 3.51. The van der Waals surface area contributed by atoms with E-state index in [1.165, 1.54) is 12.5 Å². The molecular weight excluding hydrogens is 278 g/mol. The summed E-state index contributed by atoms with van der Waals surface area (Å²) in [4.78, 5) is 23.1. The molecule has 0 spiro atoms. The Morgan fingerprint density at radius 1 is 1.55 bits per heavy atom. The second kappa shape index (κ2) is 5.91. The molecule has 0 radical (unpaired) electrons. The summed E-state index contributed by atoms with van der Waals surface area (Å²) in [5.74, 6) is 0.120. The maximum atomic E-state index is 12.0. The van der Waals surface area contributed by atoms with Crippen molar-refractivity contribution in [3.63, 3.8) is 0 Å². The lowest BCUT2D eigenvalue weighted by Gasteiger charge is -2.22. The van der Waals surface area contributed by atoms with E-state index in [1.807, 2.05) is 11.8 Å². The highest BCUT2D eigenvalue weighted by atomic mass is 32.2. The number of nitrogens with one attached hydrogen (secondary N) is 1. The second-order valence-electron chi connectivity index (χ2n) is 5.19. The minimum absolute atomic E-state index is 0.0686. The number of thioether (sulfide) groups is 1. The monoisotopic (exact) mass is 297 g/mol. The first-order valence-electron chi connectivity index (χ1n) is 6.73. The molecule has 0 aliphatic carbocycles. The number of rotatable bonds is 5. The molecule has 1 unspecified atom stereocenters. The summed E-state index contributed by atoms with van der Waals surface area (Å²) in [6.45, 7) is 4.50. The molecule has 5 nitrogen and oxygen atoms in total. The van der Waals surface area contributed by atoms with Gasteiger partial charge in [0.05, 0.1) is 0 Å². The summed E-state index contributed by atoms with van der Waals surface area (Å²) in [5.41, 5.74) is 0.0686. The Morgan fingerprint density at radius 2 is 2.30 bits per heavy atom. The summed E-state index contributed by atoms with van der Waals surface area (Å²) in [6.07, 6.45) is 2.69. The summed E-state index contributed by atoms with van der Waals surface area (Å²) < 4.78 is 5.41. The zero-order valence-corrected chi connectivity index (χ0v) is 12.5. The number of aryl methyl sites for hydroxylation is 1. The van der Waals surface area contributed by atoms with Crippen LogP contribution in [0.2, 0.25) is 0 Å². The number of carboxylic acid groups (broad SMARTS) is 1. The van der Waals surface area contributed by atoms with Crippen LogP contribution >= 0.6 is 11.8 Å². The van der Waals surface area contributed by atoms with Gasteiger partial charge in [-0.2, -0.15) is 11.8 Å². The Morgan fingerprint density at radius 3 is 2.80 bits per heavy atom. The molecule has 0 saturated carbocycles. The van der Waals surface area contributed by atoms with Gasteiger partial charge in [-0.25, -0.2) is 4.79 Å². The van der Waals surface area contributed by atoms with Crippen molar-refractivity contribution in [2.24, 2.45) is 0 Å². The largest absolute Gasteiger partial charge is 0.478 e. The Balaban J connectivity index is 2.04. The molecule has 0 bridgehead atoms. The van der Waals surface area contributed by atoms with Crippen LogP contribution in [0.15, 0.2) is 10.5 Å². The highest BCUT2D eigenvalue weighted by molar-refractivity contribution is 8.00. The van der Waals surface area contributed by atoms with Crippen molar-refractivity contribution in [3.05, 3.63) is 23.2 Å². The smallest absolute Gasteiger partial charge is 0.339 e. The summed E-state index contributed by atoms with van der Waals surface area (Å²) in [6, 6.07) is 1.31. The van der Waals surface area contributed by atoms with E-state index in [1.54, 1.807) is 6.92 Å². The fourth-order valence-electron chi connectivity index (χ4n) is 2.31. The third-order valence-corrected chi connectivity index (χ3v) is 5.05.